The molecule has 1 N–H and O–H groups in total. The molecule has 5 nitrogen and oxygen atoms in total. The lowest BCUT2D eigenvalue weighted by atomic mass is 10.2. The zero-order valence-electron chi connectivity index (χ0n) is 10.0. The molecule has 1 aromatic carbocycles. The van der Waals surface area contributed by atoms with Gasteiger partial charge in [0.25, 0.3) is 0 Å². The lowest BCUT2D eigenvalue weighted by molar-refractivity contribution is -0.140. The Morgan fingerprint density at radius 3 is 2.30 bits per heavy atom. The second kappa shape index (κ2) is 5.69. The summed E-state index contributed by atoms with van der Waals surface area (Å²) in [6.45, 7) is 0.120. The van der Waals surface area contributed by atoms with Crippen LogP contribution in [0.2, 0.25) is 15.1 Å². The van der Waals surface area contributed by atoms with Gasteiger partial charge in [0.15, 0.2) is 0 Å². The first-order valence-electron chi connectivity index (χ1n) is 5.64. The number of nitrogens with zero attached hydrogens (tertiary/aromatic N) is 1. The molecule has 110 valence electrons. The zero-order valence-corrected chi connectivity index (χ0v) is 13.1. The van der Waals surface area contributed by atoms with E-state index in [-0.39, 0.29) is 32.9 Å². The normalized spacial score (nSPS) is 20.2. The second-order valence-corrected chi connectivity index (χ2v) is 7.39. The highest BCUT2D eigenvalue weighted by Gasteiger charge is 2.41. The number of hydrogen-bond donors (Lipinski definition) is 1. The largest absolute Gasteiger partial charge is 0.480 e. The summed E-state index contributed by atoms with van der Waals surface area (Å²) < 4.78 is 26.0. The monoisotopic (exact) mass is 357 g/mol. The van der Waals surface area contributed by atoms with Crippen LogP contribution in [0.1, 0.15) is 12.8 Å². The molecule has 0 unspecified atom stereocenters. The molecule has 0 amide bonds. The molecule has 0 radical (unpaired) electrons. The lowest BCUT2D eigenvalue weighted by Gasteiger charge is -2.22. The Bertz CT molecular complexity index is 639. The number of benzene rings is 1. The molecule has 1 atom stereocenters. The first kappa shape index (κ1) is 15.9. The third-order valence-corrected chi connectivity index (χ3v) is 6.07. The Morgan fingerprint density at radius 1 is 1.25 bits per heavy atom. The molecule has 1 aromatic rings. The highest BCUT2D eigenvalue weighted by atomic mass is 35.5. The van der Waals surface area contributed by atoms with Crippen molar-refractivity contribution in [1.82, 2.24) is 4.31 Å². The zero-order chi connectivity index (χ0) is 15.1. The second-order valence-electron chi connectivity index (χ2n) is 4.31. The van der Waals surface area contributed by atoms with Gasteiger partial charge in [0, 0.05) is 11.6 Å². The average Bonchev–Trinajstić information content (AvgIpc) is 2.75. The highest BCUT2D eigenvalue weighted by Crippen LogP contribution is 2.36. The Morgan fingerprint density at radius 2 is 1.80 bits per heavy atom. The number of sulfonamides is 1. The summed E-state index contributed by atoms with van der Waals surface area (Å²) in [6, 6.07) is 1.42. The van der Waals surface area contributed by atoms with Gasteiger partial charge in [0.05, 0.1) is 10.0 Å². The number of rotatable bonds is 3. The molecule has 1 saturated heterocycles. The predicted octanol–water partition coefficient (Wildman–Crippen LogP) is 2.88. The van der Waals surface area contributed by atoms with Crippen LogP contribution in [0.4, 0.5) is 0 Å². The maximum absolute atomic E-state index is 12.6. The summed E-state index contributed by atoms with van der Waals surface area (Å²) in [5, 5.41) is 9.03. The number of halogens is 3. The minimum Gasteiger partial charge on any atom is -0.480 e. The van der Waals surface area contributed by atoms with Gasteiger partial charge in [-0.15, -0.1) is 0 Å². The Kier molecular flexibility index (Phi) is 4.51. The minimum atomic E-state index is -4.08. The predicted molar refractivity (Wildman–Crippen MR) is 76.0 cm³/mol. The first-order chi connectivity index (χ1) is 9.25. The van der Waals surface area contributed by atoms with Crippen LogP contribution in [0.15, 0.2) is 17.0 Å². The van der Waals surface area contributed by atoms with E-state index in [1.165, 1.54) is 12.1 Å². The van der Waals surface area contributed by atoms with Gasteiger partial charge in [-0.25, -0.2) is 8.42 Å². The van der Waals surface area contributed by atoms with Crippen molar-refractivity contribution in [2.45, 2.75) is 23.8 Å². The SMILES string of the molecule is O=C(O)[C@@H]1CCCN1S(=O)(=O)c1c(Cl)cc(Cl)cc1Cl. The van der Waals surface area contributed by atoms with Gasteiger partial charge in [0.2, 0.25) is 10.0 Å². The Balaban J connectivity index is 2.54. The fraction of sp³-hybridized carbons (Fsp3) is 0.364. The fourth-order valence-electron chi connectivity index (χ4n) is 2.17. The third-order valence-electron chi connectivity index (χ3n) is 3.02. The summed E-state index contributed by atoms with van der Waals surface area (Å²) in [5.74, 6) is -1.19. The molecule has 20 heavy (non-hydrogen) atoms. The van der Waals surface area contributed by atoms with Gasteiger partial charge in [-0.1, -0.05) is 34.8 Å². The maximum atomic E-state index is 12.6. The van der Waals surface area contributed by atoms with E-state index in [1.54, 1.807) is 0 Å². The van der Waals surface area contributed by atoms with Gasteiger partial charge >= 0.3 is 5.97 Å². The molecule has 1 fully saturated rings. The van der Waals surface area contributed by atoms with E-state index in [0.29, 0.717) is 6.42 Å². The van der Waals surface area contributed by atoms with Crippen molar-refractivity contribution in [3.8, 4) is 0 Å². The van der Waals surface area contributed by atoms with Crippen LogP contribution in [-0.2, 0) is 14.8 Å². The summed E-state index contributed by atoms with van der Waals surface area (Å²) in [7, 11) is -4.08. The minimum absolute atomic E-state index is 0.120. The van der Waals surface area contributed by atoms with Crippen molar-refractivity contribution in [2.24, 2.45) is 0 Å². The van der Waals surface area contributed by atoms with Crippen LogP contribution in [0.25, 0.3) is 0 Å². The molecular weight excluding hydrogens is 349 g/mol. The van der Waals surface area contributed by atoms with Crippen molar-refractivity contribution < 1.29 is 18.3 Å². The average molecular weight is 359 g/mol. The van der Waals surface area contributed by atoms with E-state index in [1.807, 2.05) is 0 Å². The molecular formula is C11H10Cl3NO4S. The van der Waals surface area contributed by atoms with Crippen LogP contribution in [-0.4, -0.2) is 36.4 Å². The maximum Gasteiger partial charge on any atom is 0.322 e. The Labute approximate surface area is 131 Å². The molecule has 0 saturated carbocycles. The van der Waals surface area contributed by atoms with E-state index < -0.39 is 22.0 Å². The number of carboxylic acid groups (broad SMARTS) is 1. The highest BCUT2D eigenvalue weighted by molar-refractivity contribution is 7.89. The summed E-state index contributed by atoms with van der Waals surface area (Å²) in [4.78, 5) is 10.8. The van der Waals surface area contributed by atoms with Gasteiger partial charge in [-0.2, -0.15) is 4.31 Å². The van der Waals surface area contributed by atoms with E-state index in [0.717, 1.165) is 4.31 Å². The fourth-order valence-corrected chi connectivity index (χ4v) is 5.31. The molecule has 2 rings (SSSR count). The van der Waals surface area contributed by atoms with Gasteiger partial charge in [-0.3, -0.25) is 4.79 Å². The standard InChI is InChI=1S/C11H10Cl3NO4S/c12-6-4-7(13)10(8(14)5-6)20(18,19)15-3-1-2-9(15)11(16)17/h4-5,9H,1-3H2,(H,16,17)/t9-/m0/s1. The van der Waals surface area contributed by atoms with Crippen molar-refractivity contribution in [3.05, 3.63) is 27.2 Å². The van der Waals surface area contributed by atoms with Crippen LogP contribution in [0.5, 0.6) is 0 Å². The van der Waals surface area contributed by atoms with Crippen molar-refractivity contribution in [2.75, 3.05) is 6.54 Å². The molecule has 9 heteroatoms. The number of aliphatic carboxylic acids is 1. The molecule has 0 spiro atoms. The summed E-state index contributed by atoms with van der Waals surface area (Å²) in [6.07, 6.45) is 0.733. The summed E-state index contributed by atoms with van der Waals surface area (Å²) >= 11 is 17.5. The van der Waals surface area contributed by atoms with Crippen molar-refractivity contribution in [1.29, 1.82) is 0 Å². The van der Waals surface area contributed by atoms with Crippen LogP contribution in [0, 0.1) is 0 Å². The van der Waals surface area contributed by atoms with Crippen molar-refractivity contribution in [3.63, 3.8) is 0 Å². The van der Waals surface area contributed by atoms with Gasteiger partial charge in [-0.05, 0) is 25.0 Å². The van der Waals surface area contributed by atoms with Gasteiger partial charge in [0.1, 0.15) is 10.9 Å². The van der Waals surface area contributed by atoms with Crippen LogP contribution < -0.4 is 0 Å². The van der Waals surface area contributed by atoms with Crippen LogP contribution in [0.3, 0.4) is 0 Å². The first-order valence-corrected chi connectivity index (χ1v) is 8.21. The number of hydrogen-bond acceptors (Lipinski definition) is 3. The number of carbonyl (C=O) groups is 1. The molecule has 0 aliphatic carbocycles. The van der Waals surface area contributed by atoms with Crippen LogP contribution >= 0.6 is 34.8 Å². The smallest absolute Gasteiger partial charge is 0.322 e. The van der Waals surface area contributed by atoms with E-state index in [4.69, 9.17) is 39.9 Å². The number of carboxylic acids is 1. The van der Waals surface area contributed by atoms with E-state index >= 15 is 0 Å². The van der Waals surface area contributed by atoms with Crippen molar-refractivity contribution >= 4 is 50.8 Å². The van der Waals surface area contributed by atoms with Gasteiger partial charge < -0.3 is 5.11 Å². The molecule has 0 bridgehead atoms. The molecule has 1 aliphatic rings. The van der Waals surface area contributed by atoms with E-state index in [2.05, 4.69) is 0 Å². The van der Waals surface area contributed by atoms with E-state index in [9.17, 15) is 13.2 Å². The topological polar surface area (TPSA) is 74.7 Å². The molecule has 1 heterocycles. The summed E-state index contributed by atoms with van der Waals surface area (Å²) in [5.41, 5.74) is 0. The lowest BCUT2D eigenvalue weighted by Crippen LogP contribution is -2.40. The Hall–Kier alpha value is -0.530. The third kappa shape index (κ3) is 2.76. The quantitative estimate of drug-likeness (QED) is 0.901. The molecule has 1 aliphatic heterocycles. The molecule has 0 aromatic heterocycles.